The molecule has 0 atom stereocenters. The summed E-state index contributed by atoms with van der Waals surface area (Å²) >= 11 is 12.0. The average molecular weight is 485 g/mol. The summed E-state index contributed by atoms with van der Waals surface area (Å²) < 4.78 is 32.8. The molecule has 2 aromatic rings. The Morgan fingerprint density at radius 3 is 2.48 bits per heavy atom. The Balaban J connectivity index is 1.59. The minimum Gasteiger partial charge on any atom is -0.489 e. The number of sulfonamides is 1. The summed E-state index contributed by atoms with van der Waals surface area (Å²) in [5.74, 6) is 0.0285. The topological polar surface area (TPSA) is 75.7 Å². The molecule has 1 aliphatic rings. The molecule has 2 aromatic carbocycles. The Hall–Kier alpha value is -1.80. The Kier molecular flexibility index (Phi) is 7.86. The fourth-order valence-electron chi connectivity index (χ4n) is 3.48. The largest absolute Gasteiger partial charge is 0.489 e. The molecule has 0 spiro atoms. The molecule has 168 valence electrons. The number of rotatable bonds is 7. The summed E-state index contributed by atoms with van der Waals surface area (Å²) in [6, 6.07) is 12.1. The number of carbonyl (C=O) groups is 1. The minimum atomic E-state index is -3.55. The van der Waals surface area contributed by atoms with Crippen LogP contribution in [0.3, 0.4) is 0 Å². The van der Waals surface area contributed by atoms with Gasteiger partial charge in [-0.1, -0.05) is 41.4 Å². The zero-order valence-electron chi connectivity index (χ0n) is 17.5. The van der Waals surface area contributed by atoms with E-state index in [0.29, 0.717) is 39.9 Å². The second-order valence-electron chi connectivity index (χ2n) is 7.82. The molecular weight excluding hydrogens is 459 g/mol. The second kappa shape index (κ2) is 10.2. The zero-order valence-corrected chi connectivity index (χ0v) is 19.8. The molecule has 0 saturated carbocycles. The summed E-state index contributed by atoms with van der Waals surface area (Å²) in [6.45, 7) is 4.42. The first kappa shape index (κ1) is 23.9. The van der Waals surface area contributed by atoms with Crippen molar-refractivity contribution in [2.45, 2.75) is 38.5 Å². The van der Waals surface area contributed by atoms with Crippen LogP contribution in [0.5, 0.6) is 5.75 Å². The van der Waals surface area contributed by atoms with Gasteiger partial charge in [0.25, 0.3) is 0 Å². The van der Waals surface area contributed by atoms with E-state index in [1.807, 2.05) is 32.0 Å². The number of hydrogen-bond donors (Lipinski definition) is 1. The lowest BCUT2D eigenvalue weighted by Gasteiger charge is -2.30. The van der Waals surface area contributed by atoms with Crippen LogP contribution in [-0.2, 0) is 20.6 Å². The molecule has 0 aliphatic carbocycles. The van der Waals surface area contributed by atoms with Crippen molar-refractivity contribution < 1.29 is 17.9 Å². The first-order valence-corrected chi connectivity index (χ1v) is 12.5. The van der Waals surface area contributed by atoms with Crippen molar-refractivity contribution in [2.75, 3.05) is 18.4 Å². The summed E-state index contributed by atoms with van der Waals surface area (Å²) in [5, 5.41) is 3.71. The van der Waals surface area contributed by atoms with Gasteiger partial charge in [0.15, 0.2) is 0 Å². The van der Waals surface area contributed by atoms with E-state index in [4.69, 9.17) is 27.9 Å². The fraction of sp³-hybridized carbons (Fsp3) is 0.409. The lowest BCUT2D eigenvalue weighted by Crippen LogP contribution is -2.42. The molecular formula is C22H26Cl2N2O4S. The van der Waals surface area contributed by atoms with Crippen LogP contribution in [0.15, 0.2) is 42.5 Å². The monoisotopic (exact) mass is 484 g/mol. The van der Waals surface area contributed by atoms with Crippen LogP contribution in [-0.4, -0.2) is 37.8 Å². The van der Waals surface area contributed by atoms with Crippen LogP contribution in [0.1, 0.15) is 32.3 Å². The Bertz CT molecular complexity index is 1040. The number of carbonyl (C=O) groups excluding carboxylic acids is 1. The summed E-state index contributed by atoms with van der Waals surface area (Å²) in [6.07, 6.45) is 0.889. The van der Waals surface area contributed by atoms with Crippen LogP contribution < -0.4 is 10.1 Å². The number of anilines is 1. The van der Waals surface area contributed by atoms with Gasteiger partial charge in [-0.2, -0.15) is 0 Å². The highest BCUT2D eigenvalue weighted by Crippen LogP contribution is 2.29. The summed E-state index contributed by atoms with van der Waals surface area (Å²) in [4.78, 5) is 12.8. The molecule has 0 aromatic heterocycles. The maximum atomic E-state index is 12.8. The number of nitrogens with one attached hydrogen (secondary N) is 1. The first-order chi connectivity index (χ1) is 14.7. The average Bonchev–Trinajstić information content (AvgIpc) is 2.71. The SMILES string of the molecule is CC(C)Oc1ccccc1NC(=O)C1CCN(S(=O)(=O)Cc2ccc(Cl)cc2Cl)CC1. The van der Waals surface area contributed by atoms with E-state index < -0.39 is 10.0 Å². The van der Waals surface area contributed by atoms with Crippen molar-refractivity contribution in [3.05, 3.63) is 58.1 Å². The van der Waals surface area contributed by atoms with Crippen molar-refractivity contribution in [2.24, 2.45) is 5.92 Å². The molecule has 6 nitrogen and oxygen atoms in total. The van der Waals surface area contributed by atoms with Gasteiger partial charge in [-0.05, 0) is 56.5 Å². The fourth-order valence-corrected chi connectivity index (χ4v) is 5.63. The number of ether oxygens (including phenoxy) is 1. The Labute approximate surface area is 193 Å². The molecule has 0 radical (unpaired) electrons. The molecule has 9 heteroatoms. The smallest absolute Gasteiger partial charge is 0.227 e. The van der Waals surface area contributed by atoms with Crippen molar-refractivity contribution in [1.82, 2.24) is 4.31 Å². The van der Waals surface area contributed by atoms with Crippen LogP contribution in [0, 0.1) is 5.92 Å². The van der Waals surface area contributed by atoms with Gasteiger partial charge in [0.2, 0.25) is 15.9 Å². The molecule has 1 saturated heterocycles. The van der Waals surface area contributed by atoms with Crippen molar-refractivity contribution in [3.8, 4) is 5.75 Å². The highest BCUT2D eigenvalue weighted by Gasteiger charge is 2.31. The zero-order chi connectivity index (χ0) is 22.6. The molecule has 0 bridgehead atoms. The molecule has 3 rings (SSSR count). The molecule has 1 amide bonds. The predicted molar refractivity (Wildman–Crippen MR) is 124 cm³/mol. The summed E-state index contributed by atoms with van der Waals surface area (Å²) in [7, 11) is -3.55. The predicted octanol–water partition coefficient (Wildman–Crippen LogP) is 4.96. The van der Waals surface area contributed by atoms with E-state index in [1.54, 1.807) is 18.2 Å². The maximum absolute atomic E-state index is 12.8. The molecule has 1 aliphatic heterocycles. The summed E-state index contributed by atoms with van der Waals surface area (Å²) in [5.41, 5.74) is 1.13. The number of piperidine rings is 1. The van der Waals surface area contributed by atoms with E-state index in [2.05, 4.69) is 5.32 Å². The van der Waals surface area contributed by atoms with Gasteiger partial charge in [0, 0.05) is 29.1 Å². The molecule has 1 N–H and O–H groups in total. The normalized spacial score (nSPS) is 15.8. The lowest BCUT2D eigenvalue weighted by atomic mass is 9.97. The van der Waals surface area contributed by atoms with E-state index in [-0.39, 0.29) is 36.8 Å². The quantitative estimate of drug-likeness (QED) is 0.602. The Morgan fingerprint density at radius 2 is 1.84 bits per heavy atom. The molecule has 1 heterocycles. The number of halogens is 2. The van der Waals surface area contributed by atoms with Gasteiger partial charge < -0.3 is 10.1 Å². The van der Waals surface area contributed by atoms with Crippen LogP contribution in [0.2, 0.25) is 10.0 Å². The van der Waals surface area contributed by atoms with Crippen LogP contribution in [0.25, 0.3) is 0 Å². The van der Waals surface area contributed by atoms with Crippen molar-refractivity contribution in [1.29, 1.82) is 0 Å². The third-order valence-corrected chi connectivity index (χ3v) is 7.49. The van der Waals surface area contributed by atoms with Gasteiger partial charge >= 0.3 is 0 Å². The van der Waals surface area contributed by atoms with E-state index in [1.165, 1.54) is 10.4 Å². The van der Waals surface area contributed by atoms with Gasteiger partial charge in [-0.25, -0.2) is 12.7 Å². The van der Waals surface area contributed by atoms with E-state index >= 15 is 0 Å². The standard InChI is InChI=1S/C22H26Cl2N2O4S/c1-15(2)30-21-6-4-3-5-20(21)25-22(27)16-9-11-26(12-10-16)31(28,29)14-17-7-8-18(23)13-19(17)24/h3-8,13,15-16H,9-12,14H2,1-2H3,(H,25,27). The third kappa shape index (κ3) is 6.35. The highest BCUT2D eigenvalue weighted by molar-refractivity contribution is 7.88. The third-order valence-electron chi connectivity index (χ3n) is 5.08. The molecule has 1 fully saturated rings. The van der Waals surface area contributed by atoms with E-state index in [0.717, 1.165) is 0 Å². The number of benzene rings is 2. The number of hydrogen-bond acceptors (Lipinski definition) is 4. The molecule has 31 heavy (non-hydrogen) atoms. The van der Waals surface area contributed by atoms with Gasteiger partial charge in [0.05, 0.1) is 17.5 Å². The van der Waals surface area contributed by atoms with E-state index in [9.17, 15) is 13.2 Å². The molecule has 0 unspecified atom stereocenters. The number of para-hydroxylation sites is 2. The maximum Gasteiger partial charge on any atom is 0.227 e. The number of nitrogens with zero attached hydrogens (tertiary/aromatic N) is 1. The lowest BCUT2D eigenvalue weighted by molar-refractivity contribution is -0.120. The van der Waals surface area contributed by atoms with Crippen LogP contribution in [0.4, 0.5) is 5.69 Å². The van der Waals surface area contributed by atoms with Gasteiger partial charge in [0.1, 0.15) is 5.75 Å². The van der Waals surface area contributed by atoms with Gasteiger partial charge in [-0.3, -0.25) is 4.79 Å². The number of amides is 1. The van der Waals surface area contributed by atoms with Crippen LogP contribution >= 0.6 is 23.2 Å². The first-order valence-electron chi connectivity index (χ1n) is 10.1. The van der Waals surface area contributed by atoms with Crippen molar-refractivity contribution >= 4 is 44.8 Å². The minimum absolute atomic E-state index is 0.0133. The van der Waals surface area contributed by atoms with Crippen molar-refractivity contribution in [3.63, 3.8) is 0 Å². The highest BCUT2D eigenvalue weighted by atomic mass is 35.5. The van der Waals surface area contributed by atoms with Gasteiger partial charge in [-0.15, -0.1) is 0 Å². The second-order valence-corrected chi connectivity index (χ2v) is 10.6. The Morgan fingerprint density at radius 1 is 1.16 bits per heavy atom.